The molecule has 2 unspecified atom stereocenters. The molecule has 11 N–H and O–H groups in total. The third kappa shape index (κ3) is 26.2. The van der Waals surface area contributed by atoms with E-state index in [1.54, 1.807) is 0 Å². The fraction of sp³-hybridized carbons (Fsp3) is 0.500. The number of carbonyl (C=O) groups excluding carboxylic acids is 3. The van der Waals surface area contributed by atoms with Crippen LogP contribution in [0.2, 0.25) is 0 Å². The van der Waals surface area contributed by atoms with Crippen molar-refractivity contribution in [2.75, 3.05) is 0 Å². The Morgan fingerprint density at radius 2 is 1.00 bits per heavy atom. The number of hydrogen-bond donors (Lipinski definition) is 7. The minimum absolute atomic E-state index is 0.0213. The van der Waals surface area contributed by atoms with Gasteiger partial charge in [-0.2, -0.15) is 0 Å². The molecule has 0 aliphatic rings. The number of aliphatic carboxylic acids is 3. The average molecular weight is 366 g/mol. The number of nitrogens with two attached hydrogens (primary N) is 4. The summed E-state index contributed by atoms with van der Waals surface area (Å²) < 4.78 is 0. The number of aldehydes is 1. The van der Waals surface area contributed by atoms with E-state index in [2.05, 4.69) is 0 Å². The molecule has 144 valence electrons. The molecule has 0 rings (SSSR count). The highest BCUT2D eigenvalue weighted by Crippen LogP contribution is 1.93. The summed E-state index contributed by atoms with van der Waals surface area (Å²) in [5.41, 5.74) is 19.6. The lowest BCUT2D eigenvalue weighted by Crippen LogP contribution is -2.31. The highest BCUT2D eigenvalue weighted by Gasteiger charge is 2.12. The number of carbonyl (C=O) groups is 6. The number of hydrogen-bond acceptors (Lipinski definition) is 8. The minimum atomic E-state index is -1.43. The minimum Gasteiger partial charge on any atom is -0.480 e. The van der Waals surface area contributed by atoms with E-state index in [-0.39, 0.29) is 32.0 Å². The molecule has 2 amide bonds. The molecule has 0 bridgehead atoms. The third-order valence-electron chi connectivity index (χ3n) is 2.14. The van der Waals surface area contributed by atoms with E-state index in [1.165, 1.54) is 0 Å². The predicted octanol–water partition coefficient (Wildman–Crippen LogP) is -3.40. The van der Waals surface area contributed by atoms with Gasteiger partial charge in [-0.05, 0) is 12.8 Å². The summed E-state index contributed by atoms with van der Waals surface area (Å²) in [6.07, 6.45) is 0.0796. The molecular formula is C12H22N4O9. The fourth-order valence-corrected chi connectivity index (χ4v) is 0.842. The van der Waals surface area contributed by atoms with E-state index in [0.29, 0.717) is 0 Å². The Morgan fingerprint density at radius 1 is 0.760 bits per heavy atom. The van der Waals surface area contributed by atoms with Crippen molar-refractivity contribution in [3.63, 3.8) is 0 Å². The zero-order valence-electron chi connectivity index (χ0n) is 13.2. The highest BCUT2D eigenvalue weighted by molar-refractivity contribution is 6.19. The lowest BCUT2D eigenvalue weighted by molar-refractivity contribution is -0.143. The largest absolute Gasteiger partial charge is 0.480 e. The third-order valence-corrected chi connectivity index (χ3v) is 2.14. The van der Waals surface area contributed by atoms with Gasteiger partial charge in [0, 0.05) is 12.8 Å². The Kier molecular flexibility index (Phi) is 17.0. The summed E-state index contributed by atoms with van der Waals surface area (Å²) in [5, 5.41) is 23.8. The Bertz CT molecular complexity index is 447. The first-order valence-electron chi connectivity index (χ1n) is 6.56. The van der Waals surface area contributed by atoms with Crippen LogP contribution in [-0.4, -0.2) is 63.4 Å². The summed E-state index contributed by atoms with van der Waals surface area (Å²) in [4.78, 5) is 58.2. The molecule has 0 aromatic heterocycles. The van der Waals surface area contributed by atoms with Crippen LogP contribution in [0.1, 0.15) is 25.7 Å². The van der Waals surface area contributed by atoms with E-state index in [9.17, 15) is 19.2 Å². The van der Waals surface area contributed by atoms with Gasteiger partial charge in [0.25, 0.3) is 0 Å². The number of carboxylic acid groups (broad SMARTS) is 3. The number of primary amides is 2. The lowest BCUT2D eigenvalue weighted by atomic mass is 10.2. The standard InChI is InChI=1S/2C5H10N2O3.C2H2O3/c2*6-3(5(9)10)1-2-4(7)8;3-1-2(4)5/h2*3H,1-2,6H2,(H2,7,8)(H,9,10);1H,(H,4,5). The van der Waals surface area contributed by atoms with Crippen LogP contribution in [0, 0.1) is 0 Å². The van der Waals surface area contributed by atoms with E-state index >= 15 is 0 Å². The van der Waals surface area contributed by atoms with Crippen LogP contribution >= 0.6 is 0 Å². The van der Waals surface area contributed by atoms with E-state index in [1.807, 2.05) is 0 Å². The molecule has 13 nitrogen and oxygen atoms in total. The second kappa shape index (κ2) is 15.8. The molecule has 0 saturated heterocycles. The topological polar surface area (TPSA) is 267 Å². The van der Waals surface area contributed by atoms with Gasteiger partial charge < -0.3 is 38.3 Å². The predicted molar refractivity (Wildman–Crippen MR) is 81.8 cm³/mol. The van der Waals surface area contributed by atoms with Crippen LogP contribution in [0.3, 0.4) is 0 Å². The maximum absolute atomic E-state index is 10.1. The smallest absolute Gasteiger partial charge is 0.368 e. The van der Waals surface area contributed by atoms with Crippen molar-refractivity contribution < 1.29 is 44.1 Å². The molecule has 0 aliphatic heterocycles. The fourth-order valence-electron chi connectivity index (χ4n) is 0.842. The quantitative estimate of drug-likeness (QED) is 0.156. The Hall–Kier alpha value is -3.06. The summed E-state index contributed by atoms with van der Waals surface area (Å²) in [6, 6.07) is -1.96. The average Bonchev–Trinajstić information content (AvgIpc) is 2.50. The van der Waals surface area contributed by atoms with Gasteiger partial charge in [0.05, 0.1) is 0 Å². The Morgan fingerprint density at radius 3 is 1.12 bits per heavy atom. The molecular weight excluding hydrogens is 344 g/mol. The molecule has 0 spiro atoms. The molecule has 0 saturated carbocycles. The molecule has 0 heterocycles. The van der Waals surface area contributed by atoms with E-state index < -0.39 is 41.8 Å². The van der Waals surface area contributed by atoms with Gasteiger partial charge >= 0.3 is 17.9 Å². The van der Waals surface area contributed by atoms with Crippen LogP contribution in [0.5, 0.6) is 0 Å². The normalized spacial score (nSPS) is 11.3. The van der Waals surface area contributed by atoms with Crippen molar-refractivity contribution in [2.45, 2.75) is 37.8 Å². The van der Waals surface area contributed by atoms with Crippen molar-refractivity contribution in [1.82, 2.24) is 0 Å². The first-order chi connectivity index (χ1) is 11.3. The summed E-state index contributed by atoms with van der Waals surface area (Å²) in [7, 11) is 0. The molecule has 13 heteroatoms. The SMILES string of the molecule is NC(=O)CCC(N)C(=O)O.NC(=O)CCC(N)C(=O)O.O=CC(=O)O. The van der Waals surface area contributed by atoms with Crippen LogP contribution in [0.25, 0.3) is 0 Å². The molecule has 2 atom stereocenters. The van der Waals surface area contributed by atoms with Crippen molar-refractivity contribution in [1.29, 1.82) is 0 Å². The van der Waals surface area contributed by atoms with Gasteiger partial charge in [-0.25, -0.2) is 4.79 Å². The van der Waals surface area contributed by atoms with Crippen molar-refractivity contribution >= 4 is 36.0 Å². The van der Waals surface area contributed by atoms with Gasteiger partial charge in [0.1, 0.15) is 12.1 Å². The Balaban J connectivity index is -0.000000308. The first kappa shape index (κ1) is 26.8. The van der Waals surface area contributed by atoms with Crippen LogP contribution in [-0.2, 0) is 28.8 Å². The molecule has 0 radical (unpaired) electrons. The monoisotopic (exact) mass is 366 g/mol. The molecule has 0 aromatic carbocycles. The number of carboxylic acids is 3. The highest BCUT2D eigenvalue weighted by atomic mass is 16.4. The molecule has 25 heavy (non-hydrogen) atoms. The van der Waals surface area contributed by atoms with Crippen molar-refractivity contribution in [3.8, 4) is 0 Å². The van der Waals surface area contributed by atoms with E-state index in [0.717, 1.165) is 0 Å². The van der Waals surface area contributed by atoms with Gasteiger partial charge in [-0.1, -0.05) is 0 Å². The molecule has 0 aliphatic carbocycles. The van der Waals surface area contributed by atoms with Gasteiger partial charge in [0.15, 0.2) is 0 Å². The van der Waals surface area contributed by atoms with Gasteiger partial charge in [-0.15, -0.1) is 0 Å². The number of amides is 2. The van der Waals surface area contributed by atoms with Crippen LogP contribution < -0.4 is 22.9 Å². The maximum Gasteiger partial charge on any atom is 0.368 e. The van der Waals surface area contributed by atoms with Gasteiger partial charge in [0.2, 0.25) is 18.1 Å². The zero-order chi connectivity index (χ0) is 20.6. The van der Waals surface area contributed by atoms with Crippen LogP contribution in [0.4, 0.5) is 0 Å². The zero-order valence-corrected chi connectivity index (χ0v) is 13.2. The van der Waals surface area contributed by atoms with Crippen LogP contribution in [0.15, 0.2) is 0 Å². The summed E-state index contributed by atoms with van der Waals surface area (Å²) >= 11 is 0. The van der Waals surface area contributed by atoms with Crippen molar-refractivity contribution in [2.24, 2.45) is 22.9 Å². The maximum atomic E-state index is 10.1. The molecule has 0 fully saturated rings. The second-order valence-corrected chi connectivity index (χ2v) is 4.36. The van der Waals surface area contributed by atoms with E-state index in [4.69, 9.17) is 47.8 Å². The summed E-state index contributed by atoms with van der Waals surface area (Å²) in [6.45, 7) is 0. The second-order valence-electron chi connectivity index (χ2n) is 4.36. The molecule has 0 aromatic rings. The Labute approximate surface area is 141 Å². The summed E-state index contributed by atoms with van der Waals surface area (Å²) in [5.74, 6) is -4.71. The van der Waals surface area contributed by atoms with Gasteiger partial charge in [-0.3, -0.25) is 24.0 Å². The van der Waals surface area contributed by atoms with Crippen molar-refractivity contribution in [3.05, 3.63) is 0 Å². The first-order valence-corrected chi connectivity index (χ1v) is 6.56. The number of rotatable bonds is 9. The lowest BCUT2D eigenvalue weighted by Gasteiger charge is -2.01.